The second kappa shape index (κ2) is 5.30. The van der Waals surface area contributed by atoms with Crippen molar-refractivity contribution < 1.29 is 9.59 Å². The number of nitrogens with one attached hydrogen (secondary N) is 3. The van der Waals surface area contributed by atoms with Crippen LogP contribution in [0.3, 0.4) is 0 Å². The smallest absolute Gasteiger partial charge is 0.316 e. The van der Waals surface area contributed by atoms with E-state index in [1.54, 1.807) is 6.07 Å². The summed E-state index contributed by atoms with van der Waals surface area (Å²) < 4.78 is 0. The van der Waals surface area contributed by atoms with Crippen molar-refractivity contribution in [3.8, 4) is 0 Å². The summed E-state index contributed by atoms with van der Waals surface area (Å²) in [5.41, 5.74) is 2.57. The van der Waals surface area contributed by atoms with Gasteiger partial charge in [0.2, 0.25) is 5.95 Å². The molecule has 1 heterocycles. The summed E-state index contributed by atoms with van der Waals surface area (Å²) in [6, 6.07) is 5.53. The molecule has 19 heavy (non-hydrogen) atoms. The summed E-state index contributed by atoms with van der Waals surface area (Å²) in [6.45, 7) is 3.81. The maximum Gasteiger partial charge on any atom is 0.316 e. The van der Waals surface area contributed by atoms with Crippen molar-refractivity contribution in [1.29, 1.82) is 0 Å². The van der Waals surface area contributed by atoms with Crippen LogP contribution >= 0.6 is 0 Å². The summed E-state index contributed by atoms with van der Waals surface area (Å²) in [7, 11) is 0. The number of rotatable bonds is 2. The zero-order valence-electron chi connectivity index (χ0n) is 10.5. The van der Waals surface area contributed by atoms with Gasteiger partial charge < -0.3 is 5.32 Å². The van der Waals surface area contributed by atoms with Crippen LogP contribution in [0.1, 0.15) is 11.1 Å². The molecule has 7 heteroatoms. The van der Waals surface area contributed by atoms with E-state index >= 15 is 0 Å². The number of nitrogens with zero attached hydrogens (tertiary/aromatic N) is 2. The minimum atomic E-state index is -0.809. The van der Waals surface area contributed by atoms with Gasteiger partial charge in [0, 0.05) is 5.69 Å². The van der Waals surface area contributed by atoms with Crippen molar-refractivity contribution in [3.05, 3.63) is 35.7 Å². The number of anilines is 2. The van der Waals surface area contributed by atoms with E-state index in [-0.39, 0.29) is 5.95 Å². The van der Waals surface area contributed by atoms with Crippen LogP contribution in [-0.4, -0.2) is 27.0 Å². The van der Waals surface area contributed by atoms with Crippen molar-refractivity contribution in [2.45, 2.75) is 13.8 Å². The monoisotopic (exact) mass is 259 g/mol. The number of aromatic nitrogens is 3. The summed E-state index contributed by atoms with van der Waals surface area (Å²) in [6.07, 6.45) is 1.23. The Kier molecular flexibility index (Phi) is 3.56. The van der Waals surface area contributed by atoms with E-state index in [0.29, 0.717) is 5.69 Å². The van der Waals surface area contributed by atoms with Gasteiger partial charge in [0.05, 0.1) is 0 Å². The van der Waals surface area contributed by atoms with Crippen LogP contribution in [0.4, 0.5) is 11.6 Å². The van der Waals surface area contributed by atoms with Gasteiger partial charge in [-0.25, -0.2) is 5.10 Å². The molecule has 0 spiro atoms. The van der Waals surface area contributed by atoms with Gasteiger partial charge in [0.15, 0.2) is 0 Å². The molecule has 0 saturated heterocycles. The zero-order valence-corrected chi connectivity index (χ0v) is 10.5. The van der Waals surface area contributed by atoms with Crippen molar-refractivity contribution in [1.82, 2.24) is 15.2 Å². The summed E-state index contributed by atoms with van der Waals surface area (Å²) in [5, 5.41) is 10.8. The Bertz CT molecular complexity index is 607. The number of hydrogen-bond acceptors (Lipinski definition) is 4. The van der Waals surface area contributed by atoms with E-state index in [9.17, 15) is 9.59 Å². The van der Waals surface area contributed by atoms with Crippen LogP contribution in [0.15, 0.2) is 24.5 Å². The predicted molar refractivity (Wildman–Crippen MR) is 69.6 cm³/mol. The molecule has 0 radical (unpaired) electrons. The molecule has 0 atom stereocenters. The highest BCUT2D eigenvalue weighted by molar-refractivity contribution is 6.43. The largest absolute Gasteiger partial charge is 0.318 e. The highest BCUT2D eigenvalue weighted by atomic mass is 16.2. The van der Waals surface area contributed by atoms with Crippen molar-refractivity contribution in [3.63, 3.8) is 0 Å². The normalized spacial score (nSPS) is 10.0. The molecule has 0 aliphatic rings. The van der Waals surface area contributed by atoms with Crippen molar-refractivity contribution in [2.75, 3.05) is 10.6 Å². The number of amides is 2. The van der Waals surface area contributed by atoms with Crippen LogP contribution in [0.25, 0.3) is 0 Å². The molecule has 2 rings (SSSR count). The fraction of sp³-hybridized carbons (Fsp3) is 0.167. The predicted octanol–water partition coefficient (Wildman–Crippen LogP) is 0.999. The Hall–Kier alpha value is -2.70. The lowest BCUT2D eigenvalue weighted by molar-refractivity contribution is -0.133. The standard InChI is InChI=1S/C12H13N5O2/c1-7-3-4-9(8(2)5-7)15-10(18)11(19)16-12-13-6-14-17-12/h3-6H,1-2H3,(H,15,18)(H2,13,14,16,17,19). The fourth-order valence-electron chi connectivity index (χ4n) is 1.56. The molecular weight excluding hydrogens is 246 g/mol. The zero-order chi connectivity index (χ0) is 13.8. The van der Waals surface area contributed by atoms with Gasteiger partial charge in [0.1, 0.15) is 6.33 Å². The molecule has 7 nitrogen and oxygen atoms in total. The summed E-state index contributed by atoms with van der Waals surface area (Å²) in [4.78, 5) is 27.0. The fourth-order valence-corrected chi connectivity index (χ4v) is 1.56. The second-order valence-corrected chi connectivity index (χ2v) is 4.06. The highest BCUT2D eigenvalue weighted by Gasteiger charge is 2.15. The van der Waals surface area contributed by atoms with Crippen LogP contribution in [-0.2, 0) is 9.59 Å². The summed E-state index contributed by atoms with van der Waals surface area (Å²) in [5.74, 6) is -1.44. The number of carbonyl (C=O) groups excluding carboxylic acids is 2. The molecule has 0 aliphatic carbocycles. The van der Waals surface area contributed by atoms with E-state index in [1.807, 2.05) is 26.0 Å². The molecule has 0 aliphatic heterocycles. The third-order valence-electron chi connectivity index (χ3n) is 2.48. The average Bonchev–Trinajstić information content (AvgIpc) is 2.85. The Morgan fingerprint density at radius 2 is 1.89 bits per heavy atom. The van der Waals surface area contributed by atoms with Gasteiger partial charge in [-0.15, -0.1) is 0 Å². The SMILES string of the molecule is Cc1ccc(NC(=O)C(=O)Nc2ncn[nH]2)c(C)c1. The Labute approximate surface area is 109 Å². The molecule has 1 aromatic carbocycles. The third-order valence-corrected chi connectivity index (χ3v) is 2.48. The second-order valence-electron chi connectivity index (χ2n) is 4.06. The molecule has 98 valence electrons. The van der Waals surface area contributed by atoms with Crippen LogP contribution in [0.2, 0.25) is 0 Å². The number of H-pyrrole nitrogens is 1. The van der Waals surface area contributed by atoms with E-state index < -0.39 is 11.8 Å². The van der Waals surface area contributed by atoms with E-state index in [4.69, 9.17) is 0 Å². The molecule has 0 unspecified atom stereocenters. The van der Waals surface area contributed by atoms with Crippen molar-refractivity contribution >= 4 is 23.5 Å². The minimum absolute atomic E-state index is 0.126. The number of benzene rings is 1. The quantitative estimate of drug-likeness (QED) is 0.700. The van der Waals surface area contributed by atoms with Crippen LogP contribution < -0.4 is 10.6 Å². The third kappa shape index (κ3) is 3.15. The lowest BCUT2D eigenvalue weighted by atomic mass is 10.1. The van der Waals surface area contributed by atoms with Gasteiger partial charge in [-0.3, -0.25) is 14.9 Å². The van der Waals surface area contributed by atoms with Gasteiger partial charge in [0.25, 0.3) is 0 Å². The molecule has 2 aromatic rings. The lowest BCUT2D eigenvalue weighted by Gasteiger charge is -2.08. The molecule has 0 saturated carbocycles. The molecule has 0 fully saturated rings. The molecule has 1 aromatic heterocycles. The first-order valence-electron chi connectivity index (χ1n) is 5.61. The maximum absolute atomic E-state index is 11.7. The van der Waals surface area contributed by atoms with Gasteiger partial charge in [-0.2, -0.15) is 10.1 Å². The number of hydrogen-bond donors (Lipinski definition) is 3. The first-order chi connectivity index (χ1) is 9.06. The molecule has 3 N–H and O–H groups in total. The Morgan fingerprint density at radius 3 is 2.53 bits per heavy atom. The van der Waals surface area contributed by atoms with E-state index in [0.717, 1.165) is 11.1 Å². The highest BCUT2D eigenvalue weighted by Crippen LogP contribution is 2.15. The average molecular weight is 259 g/mol. The van der Waals surface area contributed by atoms with E-state index in [1.165, 1.54) is 6.33 Å². The lowest BCUT2D eigenvalue weighted by Crippen LogP contribution is -2.29. The van der Waals surface area contributed by atoms with E-state index in [2.05, 4.69) is 25.8 Å². The number of carbonyl (C=O) groups is 2. The maximum atomic E-state index is 11.7. The first-order valence-corrected chi connectivity index (χ1v) is 5.61. The van der Waals surface area contributed by atoms with Crippen molar-refractivity contribution in [2.24, 2.45) is 0 Å². The Morgan fingerprint density at radius 1 is 1.16 bits per heavy atom. The van der Waals surface area contributed by atoms with Crippen LogP contribution in [0.5, 0.6) is 0 Å². The Balaban J connectivity index is 2.02. The number of aromatic amines is 1. The first kappa shape index (κ1) is 12.7. The minimum Gasteiger partial charge on any atom is -0.318 e. The summed E-state index contributed by atoms with van der Waals surface area (Å²) >= 11 is 0. The van der Waals surface area contributed by atoms with Gasteiger partial charge in [-0.05, 0) is 25.5 Å². The van der Waals surface area contributed by atoms with Gasteiger partial charge in [-0.1, -0.05) is 17.7 Å². The number of aryl methyl sites for hydroxylation is 2. The van der Waals surface area contributed by atoms with Crippen LogP contribution in [0, 0.1) is 13.8 Å². The molecular formula is C12H13N5O2. The molecule has 0 bridgehead atoms. The van der Waals surface area contributed by atoms with Gasteiger partial charge >= 0.3 is 11.8 Å². The topological polar surface area (TPSA) is 99.8 Å². The molecule has 2 amide bonds.